The Labute approximate surface area is 180 Å². The summed E-state index contributed by atoms with van der Waals surface area (Å²) >= 11 is 0. The quantitative estimate of drug-likeness (QED) is 0.752. The molecular formula is C25H30N4O. The lowest BCUT2D eigenvalue weighted by atomic mass is 9.93. The first-order valence-electron chi connectivity index (χ1n) is 10.6. The molecule has 0 atom stereocenters. The van der Waals surface area contributed by atoms with E-state index in [-0.39, 0.29) is 8.76 Å². The van der Waals surface area contributed by atoms with Crippen molar-refractivity contribution >= 4 is 17.2 Å². The Hall–Kier alpha value is -3.14. The third-order valence-corrected chi connectivity index (χ3v) is 6.46. The van der Waals surface area contributed by atoms with Gasteiger partial charge < -0.3 is 15.5 Å². The highest BCUT2D eigenvalue weighted by atomic mass is 16.1. The summed E-state index contributed by atoms with van der Waals surface area (Å²) in [6, 6.07) is 8.28. The molecule has 0 saturated carbocycles. The maximum atomic E-state index is 11.9. The van der Waals surface area contributed by atoms with Crippen LogP contribution in [0.3, 0.4) is 0 Å². The molecule has 1 fully saturated rings. The van der Waals surface area contributed by atoms with Crippen molar-refractivity contribution in [3.63, 3.8) is 0 Å². The molecule has 1 amide bonds. The molecule has 0 unspecified atom stereocenters. The van der Waals surface area contributed by atoms with Gasteiger partial charge in [-0.05, 0) is 67.9 Å². The van der Waals surface area contributed by atoms with Crippen LogP contribution in [0.2, 0.25) is 0 Å². The number of fused-ring (bicyclic) bond motifs is 2. The van der Waals surface area contributed by atoms with E-state index in [2.05, 4.69) is 53.1 Å². The summed E-state index contributed by atoms with van der Waals surface area (Å²) in [5.41, 5.74) is 11.6. The van der Waals surface area contributed by atoms with Gasteiger partial charge in [0.2, 0.25) is 0 Å². The van der Waals surface area contributed by atoms with Gasteiger partial charge in [0.15, 0.2) is 0 Å². The lowest BCUT2D eigenvalue weighted by Crippen LogP contribution is -2.32. The number of benzene rings is 1. The zero-order valence-electron chi connectivity index (χ0n) is 17.3. The molecule has 0 bridgehead atoms. The van der Waals surface area contributed by atoms with Gasteiger partial charge in [0.25, 0.3) is 5.91 Å². The van der Waals surface area contributed by atoms with Gasteiger partial charge in [0, 0.05) is 32.9 Å². The summed E-state index contributed by atoms with van der Waals surface area (Å²) in [6.45, 7) is 6.73. The smallest absolute Gasteiger partial charge is 0.251 e. The number of allylic oxidation sites excluding steroid dienone is 2. The minimum atomic E-state index is 0. The average Bonchev–Trinajstić information content (AvgIpc) is 3.35. The number of nitrogens with zero attached hydrogens (tertiary/aromatic N) is 2. The summed E-state index contributed by atoms with van der Waals surface area (Å²) in [5, 5.41) is 6.44. The molecule has 1 aliphatic carbocycles. The third-order valence-electron chi connectivity index (χ3n) is 6.46. The average molecular weight is 403 g/mol. The van der Waals surface area contributed by atoms with Gasteiger partial charge in [-0.15, -0.1) is 5.73 Å². The van der Waals surface area contributed by atoms with Crippen molar-refractivity contribution < 1.29 is 7.65 Å². The minimum absolute atomic E-state index is 0. The fraction of sp³-hybridized carbons (Fsp3) is 0.320. The Balaban J connectivity index is 0.00000144. The second kappa shape index (κ2) is 7.60. The van der Waals surface area contributed by atoms with Crippen LogP contribution in [0.5, 0.6) is 0 Å². The molecule has 0 spiro atoms. The molecule has 3 aliphatic rings. The lowest BCUT2D eigenvalue weighted by Gasteiger charge is -2.30. The minimum Gasteiger partial charge on any atom is -0.351 e. The summed E-state index contributed by atoms with van der Waals surface area (Å²) in [5.74, 6) is 0.479. The molecule has 1 aromatic carbocycles. The fourth-order valence-electron chi connectivity index (χ4n) is 4.68. The van der Waals surface area contributed by atoms with E-state index in [1.165, 1.54) is 5.57 Å². The second-order valence-corrected chi connectivity index (χ2v) is 8.39. The van der Waals surface area contributed by atoms with E-state index in [1.54, 1.807) is 0 Å². The molecular weight excluding hydrogens is 372 g/mol. The van der Waals surface area contributed by atoms with Crippen molar-refractivity contribution in [1.82, 2.24) is 15.2 Å². The zero-order valence-corrected chi connectivity index (χ0v) is 17.3. The monoisotopic (exact) mass is 402 g/mol. The van der Waals surface area contributed by atoms with E-state index in [0.717, 1.165) is 71.7 Å². The maximum Gasteiger partial charge on any atom is 0.251 e. The Morgan fingerprint density at radius 1 is 1.30 bits per heavy atom. The van der Waals surface area contributed by atoms with Crippen molar-refractivity contribution in [1.29, 1.82) is 0 Å². The van der Waals surface area contributed by atoms with Crippen LogP contribution >= 0.6 is 0 Å². The first-order valence-corrected chi connectivity index (χ1v) is 10.6. The number of anilines is 1. The van der Waals surface area contributed by atoms with Gasteiger partial charge >= 0.3 is 0 Å². The van der Waals surface area contributed by atoms with Crippen LogP contribution in [0.15, 0.2) is 54.5 Å². The van der Waals surface area contributed by atoms with Crippen molar-refractivity contribution in [2.24, 2.45) is 5.92 Å². The SMILES string of the molecule is C=C=C(Nc1cnc2c(c1)C(c1ccc3c(c1)CNC3=O)=CC2)C1CCN(C)CC1.[HH].[HH]. The fourth-order valence-corrected chi connectivity index (χ4v) is 4.68. The number of piperidine rings is 1. The molecule has 0 radical (unpaired) electrons. The van der Waals surface area contributed by atoms with E-state index in [9.17, 15) is 4.79 Å². The third kappa shape index (κ3) is 3.36. The van der Waals surface area contributed by atoms with Gasteiger partial charge in [-0.25, -0.2) is 0 Å². The van der Waals surface area contributed by atoms with Crippen LogP contribution in [0.25, 0.3) is 5.57 Å². The zero-order chi connectivity index (χ0) is 20.7. The molecule has 156 valence electrons. The number of carbonyl (C=O) groups excluding carboxylic acids is 1. The van der Waals surface area contributed by atoms with Crippen LogP contribution in [0.4, 0.5) is 5.69 Å². The number of hydrogen-bond acceptors (Lipinski definition) is 4. The van der Waals surface area contributed by atoms with Gasteiger partial charge in [-0.3, -0.25) is 9.78 Å². The van der Waals surface area contributed by atoms with Crippen LogP contribution in [-0.2, 0) is 13.0 Å². The van der Waals surface area contributed by atoms with Crippen LogP contribution in [-0.4, -0.2) is 35.9 Å². The topological polar surface area (TPSA) is 57.3 Å². The molecule has 1 saturated heterocycles. The van der Waals surface area contributed by atoms with Gasteiger partial charge in [-0.2, -0.15) is 0 Å². The number of likely N-dealkylation sites (tertiary alicyclic amines) is 1. The lowest BCUT2D eigenvalue weighted by molar-refractivity contribution is 0.0966. The van der Waals surface area contributed by atoms with Crippen molar-refractivity contribution in [3.8, 4) is 0 Å². The summed E-state index contributed by atoms with van der Waals surface area (Å²) in [6.07, 6.45) is 7.21. The van der Waals surface area contributed by atoms with E-state index < -0.39 is 0 Å². The van der Waals surface area contributed by atoms with E-state index in [4.69, 9.17) is 4.98 Å². The first-order chi connectivity index (χ1) is 14.6. The highest BCUT2D eigenvalue weighted by Crippen LogP contribution is 2.35. The molecule has 30 heavy (non-hydrogen) atoms. The summed E-state index contributed by atoms with van der Waals surface area (Å²) < 4.78 is 0. The van der Waals surface area contributed by atoms with Gasteiger partial charge in [-0.1, -0.05) is 18.7 Å². The molecule has 1 aromatic heterocycles. The number of carbonyl (C=O) groups is 1. The first kappa shape index (κ1) is 18.9. The number of nitrogens with one attached hydrogen (secondary N) is 2. The number of hydrogen-bond donors (Lipinski definition) is 2. The molecule has 2 aliphatic heterocycles. The number of aromatic nitrogens is 1. The summed E-state index contributed by atoms with van der Waals surface area (Å²) in [7, 11) is 2.17. The molecule has 3 heterocycles. The highest BCUT2D eigenvalue weighted by Gasteiger charge is 2.24. The van der Waals surface area contributed by atoms with Crippen molar-refractivity contribution in [3.05, 3.63) is 82.5 Å². The summed E-state index contributed by atoms with van der Waals surface area (Å²) in [4.78, 5) is 18.9. The maximum absolute atomic E-state index is 11.9. The Morgan fingerprint density at radius 3 is 2.93 bits per heavy atom. The number of amides is 1. The largest absolute Gasteiger partial charge is 0.351 e. The molecule has 2 N–H and O–H groups in total. The van der Waals surface area contributed by atoms with Gasteiger partial charge in [0.1, 0.15) is 0 Å². The second-order valence-electron chi connectivity index (χ2n) is 8.39. The Kier molecular flexibility index (Phi) is 4.78. The van der Waals surface area contributed by atoms with Crippen molar-refractivity contribution in [2.75, 3.05) is 25.5 Å². The van der Waals surface area contributed by atoms with Crippen LogP contribution in [0, 0.1) is 5.92 Å². The van der Waals surface area contributed by atoms with E-state index in [1.807, 2.05) is 18.3 Å². The predicted molar refractivity (Wildman–Crippen MR) is 123 cm³/mol. The molecule has 5 rings (SSSR count). The molecule has 5 nitrogen and oxygen atoms in total. The highest BCUT2D eigenvalue weighted by molar-refractivity contribution is 5.99. The van der Waals surface area contributed by atoms with Crippen LogP contribution in [0.1, 0.15) is 48.4 Å². The van der Waals surface area contributed by atoms with E-state index >= 15 is 0 Å². The normalized spacial score (nSPS) is 18.3. The Bertz CT molecular complexity index is 1110. The molecule has 2 aromatic rings. The van der Waals surface area contributed by atoms with Gasteiger partial charge in [0.05, 0.1) is 23.3 Å². The predicted octanol–water partition coefficient (Wildman–Crippen LogP) is 4.23. The molecule has 5 heteroatoms. The van der Waals surface area contributed by atoms with Crippen LogP contribution < -0.4 is 10.6 Å². The Morgan fingerprint density at radius 2 is 2.13 bits per heavy atom. The number of rotatable bonds is 4. The number of pyridine rings is 1. The van der Waals surface area contributed by atoms with E-state index in [0.29, 0.717) is 12.5 Å². The van der Waals surface area contributed by atoms with Crippen molar-refractivity contribution in [2.45, 2.75) is 25.8 Å². The standard InChI is InChI=1S/C25H26N4O.2H2/c1-3-23(16-8-10-29(2)11-9-16)28-19-13-22-20(6-7-24(22)26-15-19)17-4-5-21-18(12-17)14-27-25(21)30;;/h4-6,12-13,15-16,28H,1,7-11,14H2,2H3,(H,27,30);2*1H.